The Bertz CT molecular complexity index is 889. The molecule has 0 unspecified atom stereocenters. The molecule has 1 N–H and O–H groups in total. The molecule has 1 aliphatic carbocycles. The number of ether oxygens (including phenoxy) is 1. The van der Waals surface area contributed by atoms with Crippen LogP contribution in [0.15, 0.2) is 36.9 Å². The van der Waals surface area contributed by atoms with Crippen molar-refractivity contribution in [2.75, 3.05) is 26.3 Å². The third-order valence-corrected chi connectivity index (χ3v) is 5.63. The summed E-state index contributed by atoms with van der Waals surface area (Å²) in [5, 5.41) is 8.18. The van der Waals surface area contributed by atoms with Crippen LogP contribution in [-0.4, -0.2) is 52.9 Å². The summed E-state index contributed by atoms with van der Waals surface area (Å²) in [7, 11) is 0. The van der Waals surface area contributed by atoms with Crippen molar-refractivity contribution in [3.63, 3.8) is 0 Å². The maximum atomic E-state index is 13.4. The molecular formula is C22H27FN4O2. The van der Waals surface area contributed by atoms with Gasteiger partial charge in [0.25, 0.3) is 5.91 Å². The summed E-state index contributed by atoms with van der Waals surface area (Å²) >= 11 is 0. The second kappa shape index (κ2) is 8.88. The highest BCUT2D eigenvalue weighted by atomic mass is 19.1. The summed E-state index contributed by atoms with van der Waals surface area (Å²) in [6, 6.07) is 6.87. The largest absolute Gasteiger partial charge is 0.378 e. The maximum Gasteiger partial charge on any atom is 0.274 e. The summed E-state index contributed by atoms with van der Waals surface area (Å²) < 4.78 is 20.7. The van der Waals surface area contributed by atoms with Gasteiger partial charge in [0.15, 0.2) is 5.69 Å². The molecule has 0 spiro atoms. The molecule has 0 bridgehead atoms. The average molecular weight is 398 g/mol. The van der Waals surface area contributed by atoms with E-state index in [9.17, 15) is 9.18 Å². The van der Waals surface area contributed by atoms with Gasteiger partial charge in [-0.2, -0.15) is 5.10 Å². The second-order valence-electron chi connectivity index (χ2n) is 7.60. The highest BCUT2D eigenvalue weighted by Crippen LogP contribution is 2.26. The summed E-state index contributed by atoms with van der Waals surface area (Å²) in [5.74, 6) is -0.238. The first-order valence-corrected chi connectivity index (χ1v) is 10.2. The number of nitrogens with one attached hydrogen (secondary N) is 1. The quantitative estimate of drug-likeness (QED) is 0.759. The molecular weight excluding hydrogens is 371 g/mol. The smallest absolute Gasteiger partial charge is 0.274 e. The fraction of sp³-hybridized carbons (Fsp3) is 0.455. The molecule has 154 valence electrons. The van der Waals surface area contributed by atoms with Crippen molar-refractivity contribution in [1.82, 2.24) is 20.0 Å². The standard InChI is InChI=1S/C22H27FN4O2/c1-2-8-27-20-7-6-18(24-15-16-4-3-5-17(23)13-16)14-19(20)21(25-27)22(28)26-9-11-29-12-10-26/h2-5,13,18,24H,1,6-12,14-15H2/t18-/m0/s1. The number of rotatable bonds is 6. The second-order valence-corrected chi connectivity index (χ2v) is 7.60. The van der Waals surface area contributed by atoms with Gasteiger partial charge in [-0.25, -0.2) is 4.39 Å². The fourth-order valence-corrected chi connectivity index (χ4v) is 4.13. The summed E-state index contributed by atoms with van der Waals surface area (Å²) in [4.78, 5) is 14.9. The number of hydrogen-bond donors (Lipinski definition) is 1. The van der Waals surface area contributed by atoms with Crippen molar-refractivity contribution in [2.24, 2.45) is 0 Å². The number of carbonyl (C=O) groups excluding carboxylic acids is 1. The van der Waals surface area contributed by atoms with Crippen LogP contribution in [0.1, 0.15) is 33.7 Å². The zero-order chi connectivity index (χ0) is 20.2. The first-order valence-electron chi connectivity index (χ1n) is 10.2. The topological polar surface area (TPSA) is 59.4 Å². The van der Waals surface area contributed by atoms with E-state index in [1.807, 2.05) is 21.7 Å². The molecule has 6 nitrogen and oxygen atoms in total. The van der Waals surface area contributed by atoms with E-state index < -0.39 is 0 Å². The van der Waals surface area contributed by atoms with Crippen molar-refractivity contribution in [2.45, 2.75) is 38.4 Å². The highest BCUT2D eigenvalue weighted by Gasteiger charge is 2.31. The Hall–Kier alpha value is -2.51. The zero-order valence-corrected chi connectivity index (χ0v) is 16.6. The number of halogens is 1. The normalized spacial score (nSPS) is 19.1. The Morgan fingerprint density at radius 1 is 1.38 bits per heavy atom. The lowest BCUT2D eigenvalue weighted by molar-refractivity contribution is 0.0297. The molecule has 1 aliphatic heterocycles. The number of fused-ring (bicyclic) bond motifs is 1. The Kier molecular flexibility index (Phi) is 6.06. The number of hydrogen-bond acceptors (Lipinski definition) is 4. The number of nitrogens with zero attached hydrogens (tertiary/aromatic N) is 3. The molecule has 2 aliphatic rings. The molecule has 29 heavy (non-hydrogen) atoms. The molecule has 1 fully saturated rings. The molecule has 4 rings (SSSR count). The van der Waals surface area contributed by atoms with Gasteiger partial charge in [0, 0.05) is 36.9 Å². The van der Waals surface area contributed by atoms with E-state index in [-0.39, 0.29) is 17.8 Å². The van der Waals surface area contributed by atoms with Gasteiger partial charge in [-0.1, -0.05) is 18.2 Å². The van der Waals surface area contributed by atoms with Gasteiger partial charge in [0.1, 0.15) is 5.82 Å². The van der Waals surface area contributed by atoms with Crippen molar-refractivity contribution >= 4 is 5.91 Å². The minimum atomic E-state index is -0.223. The number of benzene rings is 1. The van der Waals surface area contributed by atoms with Gasteiger partial charge >= 0.3 is 0 Å². The van der Waals surface area contributed by atoms with Crippen molar-refractivity contribution < 1.29 is 13.9 Å². The van der Waals surface area contributed by atoms with Crippen LogP contribution in [0.3, 0.4) is 0 Å². The molecule has 1 atom stereocenters. The molecule has 0 radical (unpaired) electrons. The first-order chi connectivity index (χ1) is 14.2. The average Bonchev–Trinajstić information content (AvgIpc) is 3.10. The minimum absolute atomic E-state index is 0.0156. The molecule has 2 aromatic rings. The van der Waals surface area contributed by atoms with Gasteiger partial charge in [-0.15, -0.1) is 6.58 Å². The van der Waals surface area contributed by atoms with Crippen molar-refractivity contribution in [3.05, 3.63) is 65.3 Å². The lowest BCUT2D eigenvalue weighted by atomic mass is 9.90. The molecule has 1 aromatic carbocycles. The van der Waals surface area contributed by atoms with E-state index in [1.165, 1.54) is 6.07 Å². The SMILES string of the molecule is C=CCn1nc(C(=O)N2CCOCC2)c2c1CC[C@H](NCc1cccc(F)c1)C2. The third kappa shape index (κ3) is 4.41. The van der Waals surface area contributed by atoms with Crippen LogP contribution in [0.25, 0.3) is 0 Å². The predicted octanol–water partition coefficient (Wildman–Crippen LogP) is 2.33. The third-order valence-electron chi connectivity index (χ3n) is 5.63. The van der Waals surface area contributed by atoms with Gasteiger partial charge in [-0.05, 0) is 37.0 Å². The van der Waals surface area contributed by atoms with Crippen molar-refractivity contribution in [3.8, 4) is 0 Å². The minimum Gasteiger partial charge on any atom is -0.378 e. The van der Waals surface area contributed by atoms with Crippen LogP contribution in [0, 0.1) is 5.82 Å². The summed E-state index contributed by atoms with van der Waals surface area (Å²) in [6.45, 7) is 7.36. The van der Waals surface area contributed by atoms with Crippen LogP contribution in [0.5, 0.6) is 0 Å². The first kappa shape index (κ1) is 19.8. The Morgan fingerprint density at radius 3 is 2.97 bits per heavy atom. The maximum absolute atomic E-state index is 13.4. The number of amides is 1. The van der Waals surface area contributed by atoms with Gasteiger partial charge in [-0.3, -0.25) is 9.48 Å². The van der Waals surface area contributed by atoms with E-state index in [4.69, 9.17) is 4.74 Å². The lowest BCUT2D eigenvalue weighted by Gasteiger charge is -2.28. The van der Waals surface area contributed by atoms with Crippen LogP contribution >= 0.6 is 0 Å². The van der Waals surface area contributed by atoms with Gasteiger partial charge < -0.3 is 15.0 Å². The van der Waals surface area contributed by atoms with Crippen LogP contribution < -0.4 is 5.32 Å². The van der Waals surface area contributed by atoms with Gasteiger partial charge in [0.2, 0.25) is 0 Å². The molecule has 1 saturated heterocycles. The van der Waals surface area contributed by atoms with Crippen LogP contribution in [0.4, 0.5) is 4.39 Å². The fourth-order valence-electron chi connectivity index (χ4n) is 4.13. The molecule has 1 amide bonds. The number of aromatic nitrogens is 2. The van der Waals surface area contributed by atoms with Crippen LogP contribution in [-0.2, 0) is 30.7 Å². The summed E-state index contributed by atoms with van der Waals surface area (Å²) in [6.07, 6.45) is 4.36. The van der Waals surface area contributed by atoms with Crippen molar-refractivity contribution in [1.29, 1.82) is 0 Å². The molecule has 7 heteroatoms. The van der Waals surface area contributed by atoms with E-state index in [2.05, 4.69) is 17.0 Å². The number of allylic oxidation sites excluding steroid dienone is 1. The number of carbonyl (C=O) groups is 1. The van der Waals surface area contributed by atoms with E-state index in [1.54, 1.807) is 12.1 Å². The summed E-state index contributed by atoms with van der Waals surface area (Å²) in [5.41, 5.74) is 3.64. The highest BCUT2D eigenvalue weighted by molar-refractivity contribution is 5.94. The van der Waals surface area contributed by atoms with Crippen LogP contribution in [0.2, 0.25) is 0 Å². The molecule has 2 heterocycles. The zero-order valence-electron chi connectivity index (χ0n) is 16.6. The van der Waals surface area contributed by atoms with Gasteiger partial charge in [0.05, 0.1) is 19.8 Å². The monoisotopic (exact) mass is 398 g/mol. The number of morpholine rings is 1. The predicted molar refractivity (Wildman–Crippen MR) is 108 cm³/mol. The van der Waals surface area contributed by atoms with E-state index in [0.29, 0.717) is 45.1 Å². The lowest BCUT2D eigenvalue weighted by Crippen LogP contribution is -2.41. The van der Waals surface area contributed by atoms with E-state index >= 15 is 0 Å². The Balaban J connectivity index is 1.52. The Labute approximate surface area is 170 Å². The van der Waals surface area contributed by atoms with E-state index in [0.717, 1.165) is 36.1 Å². The molecule has 0 saturated carbocycles. The molecule has 1 aromatic heterocycles. The Morgan fingerprint density at radius 2 is 2.21 bits per heavy atom.